The summed E-state index contributed by atoms with van der Waals surface area (Å²) in [7, 11) is 0. The summed E-state index contributed by atoms with van der Waals surface area (Å²) in [5, 5.41) is 2.95. The molecule has 1 saturated heterocycles. The Balaban J connectivity index is 1.94. The van der Waals surface area contributed by atoms with Gasteiger partial charge in [0.2, 0.25) is 5.91 Å². The van der Waals surface area contributed by atoms with Gasteiger partial charge < -0.3 is 5.32 Å². The molecule has 0 bridgehead atoms. The first-order chi connectivity index (χ1) is 9.20. The summed E-state index contributed by atoms with van der Waals surface area (Å²) in [4.78, 5) is 14.3. The maximum atomic E-state index is 11.9. The van der Waals surface area contributed by atoms with Crippen LogP contribution < -0.4 is 5.32 Å². The molecule has 1 aromatic rings. The standard InChI is InChI=1S/C16H24N2O/c1-3-17-16(19)15-9-6-10-18(12-15)11-14-8-5-4-7-13(14)2/h4-5,7-8,15H,3,6,9-12H2,1-2H3,(H,17,19). The van der Waals surface area contributed by atoms with Crippen molar-refractivity contribution < 1.29 is 4.79 Å². The molecular weight excluding hydrogens is 236 g/mol. The Morgan fingerprint density at radius 3 is 2.95 bits per heavy atom. The molecule has 1 fully saturated rings. The molecule has 1 unspecified atom stereocenters. The van der Waals surface area contributed by atoms with E-state index in [1.54, 1.807) is 0 Å². The van der Waals surface area contributed by atoms with Crippen LogP contribution in [0.2, 0.25) is 0 Å². The van der Waals surface area contributed by atoms with E-state index in [9.17, 15) is 4.79 Å². The summed E-state index contributed by atoms with van der Waals surface area (Å²) in [6.07, 6.45) is 2.14. The molecule has 1 heterocycles. The largest absolute Gasteiger partial charge is 0.356 e. The number of hydrogen-bond acceptors (Lipinski definition) is 2. The molecule has 0 radical (unpaired) electrons. The third-order valence-electron chi connectivity index (χ3n) is 3.88. The van der Waals surface area contributed by atoms with Gasteiger partial charge in [0, 0.05) is 19.6 Å². The normalized spacial score (nSPS) is 20.2. The van der Waals surface area contributed by atoms with Crippen LogP contribution in [-0.4, -0.2) is 30.4 Å². The predicted molar refractivity (Wildman–Crippen MR) is 77.9 cm³/mol. The van der Waals surface area contributed by atoms with Crippen LogP contribution in [-0.2, 0) is 11.3 Å². The Morgan fingerprint density at radius 2 is 2.21 bits per heavy atom. The highest BCUT2D eigenvalue weighted by Gasteiger charge is 2.25. The van der Waals surface area contributed by atoms with Crippen molar-refractivity contribution in [3.63, 3.8) is 0 Å². The summed E-state index contributed by atoms with van der Waals surface area (Å²) < 4.78 is 0. The lowest BCUT2D eigenvalue weighted by Gasteiger charge is -2.32. The minimum absolute atomic E-state index is 0.165. The van der Waals surface area contributed by atoms with Crippen LogP contribution in [0, 0.1) is 12.8 Å². The van der Waals surface area contributed by atoms with Crippen molar-refractivity contribution in [3.05, 3.63) is 35.4 Å². The predicted octanol–water partition coefficient (Wildman–Crippen LogP) is 2.34. The lowest BCUT2D eigenvalue weighted by Crippen LogP contribution is -2.42. The number of aryl methyl sites for hydroxylation is 1. The zero-order valence-corrected chi connectivity index (χ0v) is 12.0. The van der Waals surface area contributed by atoms with E-state index in [4.69, 9.17) is 0 Å². The molecule has 0 spiro atoms. The lowest BCUT2D eigenvalue weighted by atomic mass is 9.96. The molecule has 104 valence electrons. The van der Waals surface area contributed by atoms with Crippen molar-refractivity contribution >= 4 is 5.91 Å². The SMILES string of the molecule is CCNC(=O)C1CCCN(Cc2ccccc2C)C1. The topological polar surface area (TPSA) is 32.3 Å². The highest BCUT2D eigenvalue weighted by atomic mass is 16.1. The lowest BCUT2D eigenvalue weighted by molar-refractivity contribution is -0.126. The van der Waals surface area contributed by atoms with Crippen molar-refractivity contribution in [1.82, 2.24) is 10.2 Å². The first-order valence-electron chi connectivity index (χ1n) is 7.25. The van der Waals surface area contributed by atoms with Gasteiger partial charge in [0.15, 0.2) is 0 Å². The van der Waals surface area contributed by atoms with E-state index >= 15 is 0 Å². The van der Waals surface area contributed by atoms with Crippen LogP contribution in [0.5, 0.6) is 0 Å². The highest BCUT2D eigenvalue weighted by molar-refractivity contribution is 5.78. The van der Waals surface area contributed by atoms with Crippen LogP contribution in [0.1, 0.15) is 30.9 Å². The maximum absolute atomic E-state index is 11.9. The first-order valence-corrected chi connectivity index (χ1v) is 7.25. The molecule has 1 atom stereocenters. The number of amides is 1. The minimum atomic E-state index is 0.165. The Bertz CT molecular complexity index is 431. The number of piperidine rings is 1. The Kier molecular flexibility index (Phi) is 4.97. The van der Waals surface area contributed by atoms with Crippen LogP contribution >= 0.6 is 0 Å². The molecular formula is C16H24N2O. The van der Waals surface area contributed by atoms with Gasteiger partial charge in [0.05, 0.1) is 5.92 Å². The second kappa shape index (κ2) is 6.71. The number of nitrogens with one attached hydrogen (secondary N) is 1. The number of nitrogens with zero attached hydrogens (tertiary/aromatic N) is 1. The summed E-state index contributed by atoms with van der Waals surface area (Å²) in [5.74, 6) is 0.384. The number of benzene rings is 1. The molecule has 3 heteroatoms. The van der Waals surface area contributed by atoms with Crippen molar-refractivity contribution in [2.75, 3.05) is 19.6 Å². The molecule has 1 amide bonds. The second-order valence-corrected chi connectivity index (χ2v) is 5.40. The van der Waals surface area contributed by atoms with Gasteiger partial charge in [-0.3, -0.25) is 9.69 Å². The van der Waals surface area contributed by atoms with Crippen LogP contribution in [0.25, 0.3) is 0 Å². The van der Waals surface area contributed by atoms with Gasteiger partial charge in [-0.15, -0.1) is 0 Å². The summed E-state index contributed by atoms with van der Waals surface area (Å²) in [5.41, 5.74) is 2.71. The van der Waals surface area contributed by atoms with Crippen molar-refractivity contribution in [2.24, 2.45) is 5.92 Å². The third-order valence-corrected chi connectivity index (χ3v) is 3.88. The van der Waals surface area contributed by atoms with E-state index in [1.807, 2.05) is 6.92 Å². The summed E-state index contributed by atoms with van der Waals surface area (Å²) in [6.45, 7) is 7.81. The average Bonchev–Trinajstić information content (AvgIpc) is 2.42. The number of hydrogen-bond donors (Lipinski definition) is 1. The molecule has 1 aliphatic rings. The van der Waals surface area contributed by atoms with Gasteiger partial charge in [0.1, 0.15) is 0 Å². The second-order valence-electron chi connectivity index (χ2n) is 5.40. The number of carbonyl (C=O) groups is 1. The molecule has 0 saturated carbocycles. The summed E-state index contributed by atoms with van der Waals surface area (Å²) in [6, 6.07) is 8.51. The van der Waals surface area contributed by atoms with E-state index < -0.39 is 0 Å². The quantitative estimate of drug-likeness (QED) is 0.901. The van der Waals surface area contributed by atoms with Crippen LogP contribution in [0.15, 0.2) is 24.3 Å². The van der Waals surface area contributed by atoms with Gasteiger partial charge in [-0.25, -0.2) is 0 Å². The van der Waals surface area contributed by atoms with Gasteiger partial charge in [0.25, 0.3) is 0 Å². The highest BCUT2D eigenvalue weighted by Crippen LogP contribution is 2.19. The van der Waals surface area contributed by atoms with E-state index in [0.29, 0.717) is 0 Å². The zero-order chi connectivity index (χ0) is 13.7. The Hall–Kier alpha value is -1.35. The van der Waals surface area contributed by atoms with Crippen LogP contribution in [0.4, 0.5) is 0 Å². The minimum Gasteiger partial charge on any atom is -0.356 e. The Labute approximate surface area is 116 Å². The average molecular weight is 260 g/mol. The van der Waals surface area contributed by atoms with Crippen LogP contribution in [0.3, 0.4) is 0 Å². The molecule has 3 nitrogen and oxygen atoms in total. The number of carbonyl (C=O) groups excluding carboxylic acids is 1. The number of likely N-dealkylation sites (tertiary alicyclic amines) is 1. The van der Waals surface area contributed by atoms with Gasteiger partial charge in [-0.2, -0.15) is 0 Å². The van der Waals surface area contributed by atoms with Crippen molar-refractivity contribution in [3.8, 4) is 0 Å². The van der Waals surface area contributed by atoms with Gasteiger partial charge in [-0.05, 0) is 44.4 Å². The van der Waals surface area contributed by atoms with E-state index in [-0.39, 0.29) is 11.8 Å². The zero-order valence-electron chi connectivity index (χ0n) is 12.0. The monoisotopic (exact) mass is 260 g/mol. The fourth-order valence-corrected chi connectivity index (χ4v) is 2.76. The first kappa shape index (κ1) is 14.1. The third kappa shape index (κ3) is 3.80. The molecule has 1 N–H and O–H groups in total. The maximum Gasteiger partial charge on any atom is 0.224 e. The van der Waals surface area contributed by atoms with Gasteiger partial charge >= 0.3 is 0 Å². The van der Waals surface area contributed by atoms with E-state index in [2.05, 4.69) is 41.4 Å². The van der Waals surface area contributed by atoms with Gasteiger partial charge in [-0.1, -0.05) is 24.3 Å². The fourth-order valence-electron chi connectivity index (χ4n) is 2.76. The Morgan fingerprint density at radius 1 is 1.42 bits per heavy atom. The van der Waals surface area contributed by atoms with Crippen molar-refractivity contribution in [2.45, 2.75) is 33.2 Å². The molecule has 2 rings (SSSR count). The smallest absolute Gasteiger partial charge is 0.224 e. The molecule has 1 aromatic carbocycles. The molecule has 1 aliphatic heterocycles. The van der Waals surface area contributed by atoms with Crippen molar-refractivity contribution in [1.29, 1.82) is 0 Å². The number of rotatable bonds is 4. The fraction of sp³-hybridized carbons (Fsp3) is 0.562. The van der Waals surface area contributed by atoms with E-state index in [0.717, 1.165) is 39.0 Å². The molecule has 0 aliphatic carbocycles. The van der Waals surface area contributed by atoms with E-state index in [1.165, 1.54) is 11.1 Å². The molecule has 19 heavy (non-hydrogen) atoms. The molecule has 0 aromatic heterocycles. The summed E-state index contributed by atoms with van der Waals surface area (Å²) >= 11 is 0.